The number of fused-ring (bicyclic) bond motifs is 1. The molecule has 0 radical (unpaired) electrons. The summed E-state index contributed by atoms with van der Waals surface area (Å²) >= 11 is 0. The van der Waals surface area contributed by atoms with Crippen molar-refractivity contribution in [2.75, 3.05) is 25.6 Å². The number of sulfonamides is 1. The van der Waals surface area contributed by atoms with Crippen LogP contribution in [0.1, 0.15) is 24.3 Å². The fraction of sp³-hybridized carbons (Fsp3) is 0.348. The summed E-state index contributed by atoms with van der Waals surface area (Å²) in [6, 6.07) is 12.2. The van der Waals surface area contributed by atoms with Gasteiger partial charge in [-0.25, -0.2) is 8.42 Å². The van der Waals surface area contributed by atoms with Crippen LogP contribution in [0.4, 0.5) is 5.69 Å². The average molecular weight is 469 g/mol. The number of nitrogens with zero attached hydrogens (tertiary/aromatic N) is 4. The predicted octanol–water partition coefficient (Wildman–Crippen LogP) is 2.87. The molecule has 2 heterocycles. The van der Waals surface area contributed by atoms with Crippen LogP contribution < -0.4 is 9.64 Å². The molecule has 10 heteroatoms. The van der Waals surface area contributed by atoms with Crippen LogP contribution in [0.2, 0.25) is 0 Å². The zero-order chi connectivity index (χ0) is 23.2. The molecular formula is C23H24N4O5S. The van der Waals surface area contributed by atoms with Crippen molar-refractivity contribution in [3.63, 3.8) is 0 Å². The molecular weight excluding hydrogens is 444 g/mol. The Kier molecular flexibility index (Phi) is 5.41. The zero-order valence-corrected chi connectivity index (χ0v) is 19.2. The minimum atomic E-state index is -3.78. The lowest BCUT2D eigenvalue weighted by Gasteiger charge is -2.18. The highest BCUT2D eigenvalue weighted by molar-refractivity contribution is 7.89. The molecule has 1 amide bonds. The molecule has 0 saturated heterocycles. The van der Waals surface area contributed by atoms with Gasteiger partial charge >= 0.3 is 0 Å². The van der Waals surface area contributed by atoms with E-state index in [0.717, 1.165) is 24.1 Å². The van der Waals surface area contributed by atoms with Gasteiger partial charge in [0.05, 0.1) is 18.6 Å². The van der Waals surface area contributed by atoms with Crippen LogP contribution >= 0.6 is 0 Å². The van der Waals surface area contributed by atoms with E-state index in [0.29, 0.717) is 30.1 Å². The van der Waals surface area contributed by atoms with Crippen molar-refractivity contribution in [1.82, 2.24) is 14.4 Å². The first-order chi connectivity index (χ1) is 15.9. The summed E-state index contributed by atoms with van der Waals surface area (Å²) in [6.45, 7) is 0.529. The molecule has 9 nitrogen and oxygen atoms in total. The smallest absolute Gasteiger partial charge is 0.243 e. The number of carbonyl (C=O) groups is 1. The van der Waals surface area contributed by atoms with Crippen LogP contribution in [-0.2, 0) is 27.8 Å². The summed E-state index contributed by atoms with van der Waals surface area (Å²) < 4.78 is 38.0. The van der Waals surface area contributed by atoms with Gasteiger partial charge in [-0.2, -0.15) is 9.29 Å². The summed E-state index contributed by atoms with van der Waals surface area (Å²) in [5, 5.41) is 3.96. The molecule has 0 atom stereocenters. The van der Waals surface area contributed by atoms with Crippen molar-refractivity contribution in [2.24, 2.45) is 5.92 Å². The van der Waals surface area contributed by atoms with Crippen LogP contribution in [-0.4, -0.2) is 49.5 Å². The maximum atomic E-state index is 13.2. The Morgan fingerprint density at radius 1 is 1.24 bits per heavy atom. The van der Waals surface area contributed by atoms with Crippen LogP contribution in [0.3, 0.4) is 0 Å². The third-order valence-electron chi connectivity index (χ3n) is 6.00. The van der Waals surface area contributed by atoms with Crippen LogP contribution in [0.5, 0.6) is 5.75 Å². The second-order valence-electron chi connectivity index (χ2n) is 8.31. The van der Waals surface area contributed by atoms with Gasteiger partial charge in [-0.1, -0.05) is 17.3 Å². The molecule has 5 rings (SSSR count). The summed E-state index contributed by atoms with van der Waals surface area (Å²) in [5.41, 5.74) is 2.39. The van der Waals surface area contributed by atoms with Gasteiger partial charge in [-0.3, -0.25) is 4.79 Å². The molecule has 1 aliphatic heterocycles. The Morgan fingerprint density at radius 2 is 2.06 bits per heavy atom. The van der Waals surface area contributed by atoms with E-state index in [1.165, 1.54) is 11.4 Å². The van der Waals surface area contributed by atoms with E-state index in [4.69, 9.17) is 9.26 Å². The van der Waals surface area contributed by atoms with E-state index >= 15 is 0 Å². The first-order valence-corrected chi connectivity index (χ1v) is 12.2. The van der Waals surface area contributed by atoms with Gasteiger partial charge < -0.3 is 14.2 Å². The van der Waals surface area contributed by atoms with E-state index in [1.54, 1.807) is 36.3 Å². The lowest BCUT2D eigenvalue weighted by atomic mass is 10.2. The van der Waals surface area contributed by atoms with Crippen LogP contribution in [0, 0.1) is 5.92 Å². The lowest BCUT2D eigenvalue weighted by molar-refractivity contribution is -0.119. The van der Waals surface area contributed by atoms with Gasteiger partial charge in [0.15, 0.2) is 0 Å². The van der Waals surface area contributed by atoms with Crippen molar-refractivity contribution in [2.45, 2.75) is 30.7 Å². The van der Waals surface area contributed by atoms with E-state index in [1.807, 2.05) is 18.2 Å². The third-order valence-corrected chi connectivity index (χ3v) is 7.80. The molecule has 1 fully saturated rings. The van der Waals surface area contributed by atoms with E-state index < -0.39 is 10.0 Å². The minimum Gasteiger partial charge on any atom is -0.497 e. The summed E-state index contributed by atoms with van der Waals surface area (Å²) in [7, 11) is -0.740. The number of rotatable bonds is 7. The second-order valence-corrected chi connectivity index (χ2v) is 10.4. The average Bonchev–Trinajstić information content (AvgIpc) is 3.43. The van der Waals surface area contributed by atoms with Gasteiger partial charge in [0.25, 0.3) is 0 Å². The molecule has 1 aliphatic carbocycles. The van der Waals surface area contributed by atoms with Gasteiger partial charge in [0.2, 0.25) is 27.6 Å². The highest BCUT2D eigenvalue weighted by Gasteiger charge is 2.37. The fourth-order valence-corrected chi connectivity index (χ4v) is 5.14. The van der Waals surface area contributed by atoms with Crippen molar-refractivity contribution in [3.05, 3.63) is 53.9 Å². The topological polar surface area (TPSA) is 106 Å². The maximum absolute atomic E-state index is 13.2. The van der Waals surface area contributed by atoms with Gasteiger partial charge in [0.1, 0.15) is 5.75 Å². The molecule has 1 saturated carbocycles. The number of hydrogen-bond acceptors (Lipinski definition) is 7. The highest BCUT2D eigenvalue weighted by Crippen LogP contribution is 2.37. The van der Waals surface area contributed by atoms with E-state index in [-0.39, 0.29) is 29.2 Å². The Labute approximate surface area is 192 Å². The Morgan fingerprint density at radius 3 is 2.82 bits per heavy atom. The zero-order valence-electron chi connectivity index (χ0n) is 18.4. The molecule has 1 aromatic heterocycles. The van der Waals surface area contributed by atoms with Crippen molar-refractivity contribution >= 4 is 21.6 Å². The Bertz CT molecular complexity index is 1320. The maximum Gasteiger partial charge on any atom is 0.243 e. The standard InChI is InChI=1S/C23H24N4O5S/c1-26(14-21-24-22(25-32-21)17-4-3-5-18(12-17)31-2)33(29,30)19-8-9-20-16(13-19)10-11-27(20)23(28)15-6-7-15/h3-5,8-9,12-13,15H,6-7,10-11,14H2,1-2H3. The fourth-order valence-electron chi connectivity index (χ4n) is 3.97. The van der Waals surface area contributed by atoms with Crippen LogP contribution in [0.15, 0.2) is 51.9 Å². The number of aromatic nitrogens is 2. The molecule has 0 spiro atoms. The Hall–Kier alpha value is -3.24. The molecule has 33 heavy (non-hydrogen) atoms. The predicted molar refractivity (Wildman–Crippen MR) is 120 cm³/mol. The van der Waals surface area contributed by atoms with Crippen molar-refractivity contribution in [3.8, 4) is 17.1 Å². The molecule has 172 valence electrons. The van der Waals surface area contributed by atoms with Crippen LogP contribution in [0.25, 0.3) is 11.4 Å². The molecule has 2 aliphatic rings. The number of benzene rings is 2. The summed E-state index contributed by atoms with van der Waals surface area (Å²) in [6.07, 6.45) is 2.53. The minimum absolute atomic E-state index is 0.0668. The number of ether oxygens (including phenoxy) is 1. The normalized spacial score (nSPS) is 15.7. The van der Waals surface area contributed by atoms with E-state index in [9.17, 15) is 13.2 Å². The molecule has 0 N–H and O–H groups in total. The number of hydrogen-bond donors (Lipinski definition) is 0. The first-order valence-electron chi connectivity index (χ1n) is 10.7. The lowest BCUT2D eigenvalue weighted by Crippen LogP contribution is -2.30. The number of anilines is 1. The Balaban J connectivity index is 1.32. The third kappa shape index (κ3) is 4.11. The van der Waals surface area contributed by atoms with Gasteiger partial charge in [-0.05, 0) is 55.2 Å². The summed E-state index contributed by atoms with van der Waals surface area (Å²) in [5.74, 6) is 1.47. The number of methoxy groups -OCH3 is 1. The number of carbonyl (C=O) groups excluding carboxylic acids is 1. The number of amides is 1. The van der Waals surface area contributed by atoms with E-state index in [2.05, 4.69) is 10.1 Å². The highest BCUT2D eigenvalue weighted by atomic mass is 32.2. The van der Waals surface area contributed by atoms with Gasteiger partial charge in [-0.15, -0.1) is 0 Å². The quantitative estimate of drug-likeness (QED) is 0.525. The largest absolute Gasteiger partial charge is 0.497 e. The van der Waals surface area contributed by atoms with Crippen molar-refractivity contribution < 1.29 is 22.5 Å². The summed E-state index contributed by atoms with van der Waals surface area (Å²) in [4.78, 5) is 18.8. The first kappa shape index (κ1) is 21.6. The SMILES string of the molecule is COc1cccc(-c2noc(CN(C)S(=O)(=O)c3ccc4c(c3)CCN4C(=O)C3CC3)n2)c1. The molecule has 0 unspecified atom stereocenters. The second kappa shape index (κ2) is 8.27. The monoisotopic (exact) mass is 468 g/mol. The van der Waals surface area contributed by atoms with Gasteiger partial charge in [0, 0.05) is 30.8 Å². The van der Waals surface area contributed by atoms with Crippen molar-refractivity contribution in [1.29, 1.82) is 0 Å². The molecule has 3 aromatic rings. The molecule has 0 bridgehead atoms. The molecule has 2 aromatic carbocycles.